The second-order valence-electron chi connectivity index (χ2n) is 6.38. The van der Waals surface area contributed by atoms with E-state index < -0.39 is 20.0 Å². The molecule has 0 saturated heterocycles. The molecule has 0 unspecified atom stereocenters. The lowest BCUT2D eigenvalue weighted by Gasteiger charge is -2.10. The van der Waals surface area contributed by atoms with Gasteiger partial charge in [0.25, 0.3) is 10.0 Å². The smallest absolute Gasteiger partial charge is 0.265 e. The van der Waals surface area contributed by atoms with Crippen LogP contribution in [-0.2, 0) is 20.0 Å². The van der Waals surface area contributed by atoms with Crippen LogP contribution in [0.2, 0.25) is 0 Å². The number of nitrogens with one attached hydrogen (secondary N) is 2. The first-order valence-electron chi connectivity index (χ1n) is 8.90. The number of sulfonamides is 2. The second kappa shape index (κ2) is 7.97. The van der Waals surface area contributed by atoms with Gasteiger partial charge in [-0.05, 0) is 50.2 Å². The Morgan fingerprint density at radius 3 is 2.10 bits per heavy atom. The van der Waals surface area contributed by atoms with Gasteiger partial charge in [-0.3, -0.25) is 4.72 Å². The molecule has 1 aromatic heterocycles. The van der Waals surface area contributed by atoms with Crippen LogP contribution in [0.1, 0.15) is 18.3 Å². The number of hydrogen-bond acceptors (Lipinski definition) is 5. The Balaban J connectivity index is 1.92. The van der Waals surface area contributed by atoms with Crippen molar-refractivity contribution in [3.8, 4) is 5.69 Å². The summed E-state index contributed by atoms with van der Waals surface area (Å²) in [4.78, 5) is 0.150. The first-order valence-corrected chi connectivity index (χ1v) is 11.9. The fraction of sp³-hybridized carbons (Fsp3) is 0.211. The molecule has 0 amide bonds. The highest BCUT2D eigenvalue weighted by molar-refractivity contribution is 7.92. The quantitative estimate of drug-likeness (QED) is 0.594. The second-order valence-corrected chi connectivity index (χ2v) is 9.76. The molecule has 3 rings (SSSR count). The zero-order valence-electron chi connectivity index (χ0n) is 16.2. The number of benzene rings is 2. The predicted molar refractivity (Wildman–Crippen MR) is 111 cm³/mol. The monoisotopic (exact) mass is 434 g/mol. The maximum atomic E-state index is 13.0. The van der Waals surface area contributed by atoms with Crippen molar-refractivity contribution in [1.82, 2.24) is 14.5 Å². The van der Waals surface area contributed by atoms with Gasteiger partial charge in [0.15, 0.2) is 0 Å². The average molecular weight is 435 g/mol. The minimum atomic E-state index is -3.92. The third kappa shape index (κ3) is 4.34. The van der Waals surface area contributed by atoms with E-state index in [4.69, 9.17) is 0 Å². The van der Waals surface area contributed by atoms with Gasteiger partial charge in [-0.2, -0.15) is 5.10 Å². The maximum Gasteiger partial charge on any atom is 0.265 e. The Labute approximate surface area is 170 Å². The Bertz CT molecular complexity index is 1220. The fourth-order valence-electron chi connectivity index (χ4n) is 3.02. The van der Waals surface area contributed by atoms with Gasteiger partial charge in [-0.25, -0.2) is 26.2 Å². The Morgan fingerprint density at radius 2 is 1.52 bits per heavy atom. The van der Waals surface area contributed by atoms with Crippen molar-refractivity contribution >= 4 is 25.7 Å². The number of aromatic nitrogens is 2. The van der Waals surface area contributed by atoms with E-state index in [0.29, 0.717) is 11.4 Å². The highest BCUT2D eigenvalue weighted by atomic mass is 32.2. The van der Waals surface area contributed by atoms with Crippen LogP contribution in [0.25, 0.3) is 5.69 Å². The van der Waals surface area contributed by atoms with Crippen LogP contribution in [0.4, 0.5) is 5.69 Å². The summed E-state index contributed by atoms with van der Waals surface area (Å²) in [5, 5.41) is 4.37. The van der Waals surface area contributed by atoms with E-state index in [0.717, 1.165) is 5.69 Å². The molecule has 1 heterocycles. The average Bonchev–Trinajstić information content (AvgIpc) is 2.97. The minimum Gasteiger partial charge on any atom is -0.280 e. The molecule has 0 spiro atoms. The lowest BCUT2D eigenvalue weighted by Crippen LogP contribution is -2.23. The predicted octanol–water partition coefficient (Wildman–Crippen LogP) is 2.59. The number of hydrogen-bond donors (Lipinski definition) is 2. The molecule has 0 atom stereocenters. The summed E-state index contributed by atoms with van der Waals surface area (Å²) in [7, 11) is -7.52. The topological polar surface area (TPSA) is 110 Å². The first kappa shape index (κ1) is 21.0. The number of para-hydroxylation sites is 1. The van der Waals surface area contributed by atoms with Crippen molar-refractivity contribution in [2.45, 2.75) is 30.6 Å². The van der Waals surface area contributed by atoms with E-state index in [1.165, 1.54) is 24.3 Å². The number of aryl methyl sites for hydroxylation is 1. The van der Waals surface area contributed by atoms with Gasteiger partial charge in [0.05, 0.1) is 22.0 Å². The van der Waals surface area contributed by atoms with E-state index in [-0.39, 0.29) is 22.0 Å². The molecule has 0 aliphatic heterocycles. The van der Waals surface area contributed by atoms with Gasteiger partial charge >= 0.3 is 0 Å². The largest absolute Gasteiger partial charge is 0.280 e. The van der Waals surface area contributed by atoms with Gasteiger partial charge in [0, 0.05) is 12.2 Å². The number of rotatable bonds is 7. The van der Waals surface area contributed by atoms with Gasteiger partial charge in [0.2, 0.25) is 10.0 Å². The van der Waals surface area contributed by atoms with Gasteiger partial charge < -0.3 is 0 Å². The van der Waals surface area contributed by atoms with Gasteiger partial charge in [-0.15, -0.1) is 0 Å². The van der Waals surface area contributed by atoms with Crippen LogP contribution < -0.4 is 9.44 Å². The molecule has 2 N–H and O–H groups in total. The molecular formula is C19H22N4O4S2. The lowest BCUT2D eigenvalue weighted by atomic mass is 10.3. The molecular weight excluding hydrogens is 412 g/mol. The van der Waals surface area contributed by atoms with Crippen LogP contribution in [0.15, 0.2) is 64.4 Å². The maximum absolute atomic E-state index is 13.0. The van der Waals surface area contributed by atoms with Gasteiger partial charge in [0.1, 0.15) is 4.90 Å². The van der Waals surface area contributed by atoms with E-state index in [2.05, 4.69) is 14.5 Å². The van der Waals surface area contributed by atoms with Crippen molar-refractivity contribution in [2.75, 3.05) is 11.3 Å². The molecule has 0 bridgehead atoms. The van der Waals surface area contributed by atoms with Crippen LogP contribution in [0, 0.1) is 13.8 Å². The van der Waals surface area contributed by atoms with Crippen LogP contribution in [0.5, 0.6) is 0 Å². The highest BCUT2D eigenvalue weighted by Crippen LogP contribution is 2.25. The number of anilines is 1. The molecule has 29 heavy (non-hydrogen) atoms. The molecule has 8 nitrogen and oxygen atoms in total. The van der Waals surface area contributed by atoms with Crippen LogP contribution in [0.3, 0.4) is 0 Å². The van der Waals surface area contributed by atoms with Crippen LogP contribution >= 0.6 is 0 Å². The Kier molecular flexibility index (Phi) is 5.78. The van der Waals surface area contributed by atoms with Crippen molar-refractivity contribution in [1.29, 1.82) is 0 Å². The molecule has 2 aromatic carbocycles. The summed E-state index contributed by atoms with van der Waals surface area (Å²) in [6.45, 7) is 5.27. The standard InChI is InChI=1S/C19H22N4O4S2/c1-4-20-28(24,25)18-12-10-16(11-13-18)22-29(26,27)19-14(2)21-23(15(19)3)17-8-6-5-7-9-17/h5-13,20,22H,4H2,1-3H3. The van der Waals surface area contributed by atoms with E-state index in [9.17, 15) is 16.8 Å². The molecule has 0 radical (unpaired) electrons. The zero-order valence-corrected chi connectivity index (χ0v) is 17.9. The van der Waals surface area contributed by atoms with Gasteiger partial charge in [-0.1, -0.05) is 25.1 Å². The number of nitrogens with zero attached hydrogens (tertiary/aromatic N) is 2. The molecule has 3 aromatic rings. The highest BCUT2D eigenvalue weighted by Gasteiger charge is 2.25. The summed E-state index contributed by atoms with van der Waals surface area (Å²) in [6, 6.07) is 14.8. The summed E-state index contributed by atoms with van der Waals surface area (Å²) in [6.07, 6.45) is 0. The van der Waals surface area contributed by atoms with E-state index in [1.807, 2.05) is 30.3 Å². The summed E-state index contributed by atoms with van der Waals surface area (Å²) < 4.78 is 56.4. The van der Waals surface area contributed by atoms with Crippen molar-refractivity contribution < 1.29 is 16.8 Å². The van der Waals surface area contributed by atoms with Crippen molar-refractivity contribution in [2.24, 2.45) is 0 Å². The summed E-state index contributed by atoms with van der Waals surface area (Å²) in [5.74, 6) is 0. The van der Waals surface area contributed by atoms with E-state index >= 15 is 0 Å². The normalized spacial score (nSPS) is 12.1. The molecule has 154 valence electrons. The SMILES string of the molecule is CCNS(=O)(=O)c1ccc(NS(=O)(=O)c2c(C)nn(-c3ccccc3)c2C)cc1. The lowest BCUT2D eigenvalue weighted by molar-refractivity contribution is 0.584. The molecule has 10 heteroatoms. The van der Waals surface area contributed by atoms with E-state index in [1.54, 1.807) is 25.5 Å². The summed E-state index contributed by atoms with van der Waals surface area (Å²) >= 11 is 0. The van der Waals surface area contributed by atoms with Crippen LogP contribution in [-0.4, -0.2) is 33.2 Å². The van der Waals surface area contributed by atoms with Crippen molar-refractivity contribution in [3.63, 3.8) is 0 Å². The summed E-state index contributed by atoms with van der Waals surface area (Å²) in [5.41, 5.74) is 1.86. The molecule has 0 aliphatic rings. The third-order valence-electron chi connectivity index (χ3n) is 4.25. The van der Waals surface area contributed by atoms with Crippen molar-refractivity contribution in [3.05, 3.63) is 66.0 Å². The fourth-order valence-corrected chi connectivity index (χ4v) is 5.51. The zero-order chi connectivity index (χ0) is 21.2. The first-order chi connectivity index (χ1) is 13.7. The molecule has 0 saturated carbocycles. The Morgan fingerprint density at radius 1 is 0.897 bits per heavy atom. The Hall–Kier alpha value is -2.69. The molecule has 0 fully saturated rings. The third-order valence-corrected chi connectivity index (χ3v) is 7.44. The minimum absolute atomic E-state index is 0.0616. The molecule has 0 aliphatic carbocycles.